The van der Waals surface area contributed by atoms with Crippen LogP contribution < -0.4 is 10.1 Å². The molecule has 0 bridgehead atoms. The van der Waals surface area contributed by atoms with Crippen molar-refractivity contribution in [2.75, 3.05) is 11.9 Å². The number of nitrogens with one attached hydrogen (secondary N) is 1. The summed E-state index contributed by atoms with van der Waals surface area (Å²) in [4.78, 5) is 13.0. The summed E-state index contributed by atoms with van der Waals surface area (Å²) in [6.45, 7) is 7.16. The molecule has 0 aliphatic heterocycles. The standard InChI is InChI=1S/C15H20N4O/c1-4-12-7-6-8-16-13(12)10-17-14-9-15(20-5-2)19-11(3)18-14/h6-9H,4-5,10H2,1-3H3,(H,17,18,19). The van der Waals surface area contributed by atoms with E-state index in [0.717, 1.165) is 17.9 Å². The lowest BCUT2D eigenvalue weighted by Crippen LogP contribution is -2.08. The van der Waals surface area contributed by atoms with Crippen molar-refractivity contribution in [3.63, 3.8) is 0 Å². The van der Waals surface area contributed by atoms with Gasteiger partial charge in [-0.3, -0.25) is 4.98 Å². The molecule has 0 unspecified atom stereocenters. The lowest BCUT2D eigenvalue weighted by atomic mass is 10.1. The third-order valence-corrected chi connectivity index (χ3v) is 2.91. The molecule has 0 spiro atoms. The van der Waals surface area contributed by atoms with Gasteiger partial charge in [0.15, 0.2) is 0 Å². The molecule has 2 aromatic heterocycles. The smallest absolute Gasteiger partial charge is 0.218 e. The summed E-state index contributed by atoms with van der Waals surface area (Å²) in [7, 11) is 0. The molecule has 20 heavy (non-hydrogen) atoms. The van der Waals surface area contributed by atoms with Gasteiger partial charge in [0.05, 0.1) is 18.8 Å². The predicted octanol–water partition coefficient (Wildman–Crippen LogP) is 2.75. The van der Waals surface area contributed by atoms with E-state index in [1.54, 1.807) is 0 Å². The molecule has 5 nitrogen and oxygen atoms in total. The molecule has 0 radical (unpaired) electrons. The van der Waals surface area contributed by atoms with Gasteiger partial charge >= 0.3 is 0 Å². The minimum atomic E-state index is 0.593. The van der Waals surface area contributed by atoms with E-state index in [2.05, 4.69) is 33.3 Å². The highest BCUT2D eigenvalue weighted by Crippen LogP contribution is 2.15. The van der Waals surface area contributed by atoms with Gasteiger partial charge in [-0.25, -0.2) is 4.98 Å². The molecule has 0 saturated carbocycles. The van der Waals surface area contributed by atoms with Crippen molar-refractivity contribution >= 4 is 5.82 Å². The Kier molecular flexibility index (Phi) is 4.87. The van der Waals surface area contributed by atoms with Crippen molar-refractivity contribution in [1.82, 2.24) is 15.0 Å². The van der Waals surface area contributed by atoms with E-state index in [1.807, 2.05) is 32.2 Å². The van der Waals surface area contributed by atoms with Crippen molar-refractivity contribution in [3.8, 4) is 5.88 Å². The Hall–Kier alpha value is -2.17. The van der Waals surface area contributed by atoms with Crippen molar-refractivity contribution in [3.05, 3.63) is 41.5 Å². The number of aromatic nitrogens is 3. The summed E-state index contributed by atoms with van der Waals surface area (Å²) in [6, 6.07) is 5.87. The second-order valence-corrected chi connectivity index (χ2v) is 4.39. The summed E-state index contributed by atoms with van der Waals surface area (Å²) >= 11 is 0. The molecule has 106 valence electrons. The van der Waals surface area contributed by atoms with Crippen LogP contribution in [0.25, 0.3) is 0 Å². The number of rotatable bonds is 6. The van der Waals surface area contributed by atoms with Gasteiger partial charge in [-0.2, -0.15) is 4.98 Å². The van der Waals surface area contributed by atoms with Crippen LogP contribution in [0.1, 0.15) is 30.9 Å². The number of aryl methyl sites for hydroxylation is 2. The van der Waals surface area contributed by atoms with Crippen molar-refractivity contribution < 1.29 is 4.74 Å². The molecule has 0 atom stereocenters. The fourth-order valence-electron chi connectivity index (χ4n) is 1.98. The maximum atomic E-state index is 5.42. The van der Waals surface area contributed by atoms with Crippen LogP contribution in [0, 0.1) is 6.92 Å². The van der Waals surface area contributed by atoms with Crippen molar-refractivity contribution in [2.45, 2.75) is 33.7 Å². The summed E-state index contributed by atoms with van der Waals surface area (Å²) in [5.74, 6) is 2.04. The van der Waals surface area contributed by atoms with Crippen LogP contribution in [0.5, 0.6) is 5.88 Å². The van der Waals surface area contributed by atoms with Gasteiger partial charge in [-0.05, 0) is 31.9 Å². The maximum Gasteiger partial charge on any atom is 0.218 e. The highest BCUT2D eigenvalue weighted by atomic mass is 16.5. The van der Waals surface area contributed by atoms with E-state index in [4.69, 9.17) is 4.74 Å². The number of anilines is 1. The first kappa shape index (κ1) is 14.2. The first-order chi connectivity index (χ1) is 9.72. The highest BCUT2D eigenvalue weighted by molar-refractivity contribution is 5.39. The quantitative estimate of drug-likeness (QED) is 0.876. The minimum absolute atomic E-state index is 0.593. The molecular weight excluding hydrogens is 252 g/mol. The maximum absolute atomic E-state index is 5.42. The summed E-state index contributed by atoms with van der Waals surface area (Å²) in [6.07, 6.45) is 2.78. The Morgan fingerprint density at radius 3 is 2.85 bits per heavy atom. The topological polar surface area (TPSA) is 59.9 Å². The summed E-state index contributed by atoms with van der Waals surface area (Å²) in [5.41, 5.74) is 2.29. The van der Waals surface area contributed by atoms with Gasteiger partial charge in [0.1, 0.15) is 11.6 Å². The van der Waals surface area contributed by atoms with E-state index in [-0.39, 0.29) is 0 Å². The van der Waals surface area contributed by atoms with Crippen molar-refractivity contribution in [1.29, 1.82) is 0 Å². The molecule has 1 N–H and O–H groups in total. The Balaban J connectivity index is 2.10. The minimum Gasteiger partial charge on any atom is -0.478 e. The van der Waals surface area contributed by atoms with Crippen LogP contribution in [0.15, 0.2) is 24.4 Å². The van der Waals surface area contributed by atoms with Gasteiger partial charge in [-0.15, -0.1) is 0 Å². The third kappa shape index (κ3) is 3.66. The number of hydrogen-bond acceptors (Lipinski definition) is 5. The third-order valence-electron chi connectivity index (χ3n) is 2.91. The van der Waals surface area contributed by atoms with E-state index in [1.165, 1.54) is 5.56 Å². The lowest BCUT2D eigenvalue weighted by Gasteiger charge is -2.10. The van der Waals surface area contributed by atoms with Crippen LogP contribution in [0.2, 0.25) is 0 Å². The van der Waals surface area contributed by atoms with Crippen molar-refractivity contribution in [2.24, 2.45) is 0 Å². The van der Waals surface area contributed by atoms with Gasteiger partial charge < -0.3 is 10.1 Å². The first-order valence-corrected chi connectivity index (χ1v) is 6.88. The second-order valence-electron chi connectivity index (χ2n) is 4.39. The van der Waals surface area contributed by atoms with Crippen LogP contribution in [0.3, 0.4) is 0 Å². The number of hydrogen-bond donors (Lipinski definition) is 1. The van der Waals surface area contributed by atoms with Gasteiger partial charge in [-0.1, -0.05) is 13.0 Å². The predicted molar refractivity (Wildman–Crippen MR) is 78.9 cm³/mol. The monoisotopic (exact) mass is 272 g/mol. The largest absolute Gasteiger partial charge is 0.478 e. The summed E-state index contributed by atoms with van der Waals surface area (Å²) in [5, 5.41) is 3.28. The Labute approximate surface area is 119 Å². The molecule has 0 amide bonds. The number of ether oxygens (including phenoxy) is 1. The number of pyridine rings is 1. The fourth-order valence-corrected chi connectivity index (χ4v) is 1.98. The molecule has 0 saturated heterocycles. The second kappa shape index (κ2) is 6.84. The van der Waals surface area contributed by atoms with Gasteiger partial charge in [0.25, 0.3) is 0 Å². The van der Waals surface area contributed by atoms with E-state index in [0.29, 0.717) is 24.9 Å². The Morgan fingerprint density at radius 2 is 2.10 bits per heavy atom. The summed E-state index contributed by atoms with van der Waals surface area (Å²) < 4.78 is 5.42. The van der Waals surface area contributed by atoms with Crippen LogP contribution in [0.4, 0.5) is 5.82 Å². The molecule has 0 fully saturated rings. The highest BCUT2D eigenvalue weighted by Gasteiger charge is 2.05. The van der Waals surface area contributed by atoms with Gasteiger partial charge in [0.2, 0.25) is 5.88 Å². The van der Waals surface area contributed by atoms with Gasteiger partial charge in [0, 0.05) is 12.3 Å². The number of nitrogens with zero attached hydrogens (tertiary/aromatic N) is 3. The van der Waals surface area contributed by atoms with Crippen LogP contribution in [-0.2, 0) is 13.0 Å². The van der Waals surface area contributed by atoms with Crippen LogP contribution >= 0.6 is 0 Å². The molecule has 2 aromatic rings. The average molecular weight is 272 g/mol. The zero-order chi connectivity index (χ0) is 14.4. The molecule has 0 aliphatic carbocycles. The van der Waals surface area contributed by atoms with E-state index < -0.39 is 0 Å². The molecular formula is C15H20N4O. The van der Waals surface area contributed by atoms with E-state index in [9.17, 15) is 0 Å². The zero-order valence-corrected chi connectivity index (χ0v) is 12.2. The van der Waals surface area contributed by atoms with E-state index >= 15 is 0 Å². The molecule has 0 aromatic carbocycles. The molecule has 0 aliphatic rings. The average Bonchev–Trinajstić information content (AvgIpc) is 2.45. The molecule has 2 heterocycles. The molecule has 5 heteroatoms. The van der Waals surface area contributed by atoms with Crippen LogP contribution in [-0.4, -0.2) is 21.6 Å². The normalized spacial score (nSPS) is 10.3. The lowest BCUT2D eigenvalue weighted by molar-refractivity contribution is 0.325. The zero-order valence-electron chi connectivity index (χ0n) is 12.2. The SMILES string of the molecule is CCOc1cc(NCc2ncccc2CC)nc(C)n1. The Morgan fingerprint density at radius 1 is 1.25 bits per heavy atom. The first-order valence-electron chi connectivity index (χ1n) is 6.88. The fraction of sp³-hybridized carbons (Fsp3) is 0.400. The molecule has 2 rings (SSSR count). The Bertz CT molecular complexity index is 572.